The molecule has 3 nitrogen and oxygen atoms in total. The van der Waals surface area contributed by atoms with E-state index in [1.54, 1.807) is 18.7 Å². The average Bonchev–Trinajstić information content (AvgIpc) is 2.98. The van der Waals surface area contributed by atoms with E-state index in [9.17, 15) is 9.59 Å². The highest BCUT2D eigenvalue weighted by molar-refractivity contribution is 15.0. The standard InChI is InChI=1S/C6H12OS.C5H11NOS.2C4H10S2.2C3H8S.2I2/c1-3-8-5-4-6(2)7;1-3-8-4-6-5(2)7;2*1-3-5-6-4-2;2*1-3-4-2;2*1-2/h3-5H2,1-2H3;3-4H2,1-2H3,(H,6,7);2*3-4H2,1-2H3;2*3H2,1-2H3;;. The number of rotatable bonds is 15. The van der Waals surface area contributed by atoms with Gasteiger partial charge in [0.15, 0.2) is 0 Å². The van der Waals surface area contributed by atoms with Crippen molar-refractivity contribution in [2.45, 2.75) is 75.7 Å². The van der Waals surface area contributed by atoms with Crippen LogP contribution in [-0.2, 0) is 9.59 Å². The molecule has 252 valence electrons. The summed E-state index contributed by atoms with van der Waals surface area (Å²) in [5.41, 5.74) is 0. The summed E-state index contributed by atoms with van der Waals surface area (Å²) in [5, 5.41) is 2.67. The van der Waals surface area contributed by atoms with Gasteiger partial charge in [0.05, 0.1) is 5.88 Å². The molecule has 0 radical (unpaired) electrons. The second-order valence-electron chi connectivity index (χ2n) is 5.80. The number of hydrogen-bond donors (Lipinski definition) is 1. The number of thioether (sulfide) groups is 4. The molecular formula is C25H59I4NO2S8. The summed E-state index contributed by atoms with van der Waals surface area (Å²) < 4.78 is 0. The number of amides is 1. The van der Waals surface area contributed by atoms with E-state index in [1.807, 2.05) is 78.5 Å². The van der Waals surface area contributed by atoms with Gasteiger partial charge in [-0.2, -0.15) is 35.3 Å². The van der Waals surface area contributed by atoms with Gasteiger partial charge in [0.2, 0.25) is 5.91 Å². The smallest absolute Gasteiger partial charge is 0.217 e. The van der Waals surface area contributed by atoms with Gasteiger partial charge in [0.1, 0.15) is 5.78 Å². The Hall–Kier alpha value is 4.86. The lowest BCUT2D eigenvalue weighted by molar-refractivity contribution is -0.118. The Morgan fingerprint density at radius 1 is 0.550 bits per heavy atom. The summed E-state index contributed by atoms with van der Waals surface area (Å²) in [6, 6.07) is 0. The zero-order valence-corrected chi connectivity index (χ0v) is 42.0. The highest BCUT2D eigenvalue weighted by Crippen LogP contribution is 2.19. The normalized spacial score (nSPS) is 8.10. The number of carbonyl (C=O) groups is 2. The van der Waals surface area contributed by atoms with Gasteiger partial charge >= 0.3 is 0 Å². The second-order valence-corrected chi connectivity index (χ2v) is 16.9. The Balaban J connectivity index is -0.0000000507. The predicted octanol–water partition coefficient (Wildman–Crippen LogP) is 13.6. The van der Waals surface area contributed by atoms with E-state index in [4.69, 9.17) is 0 Å². The fraction of sp³-hybridized carbons (Fsp3) is 0.920. The Bertz CT molecular complexity index is 331. The van der Waals surface area contributed by atoms with E-state index in [-0.39, 0.29) is 5.91 Å². The Morgan fingerprint density at radius 3 is 1.02 bits per heavy atom. The number of halogens is 4. The molecule has 40 heavy (non-hydrogen) atoms. The monoisotopic (exact) mass is 1170 g/mol. The van der Waals surface area contributed by atoms with Crippen LogP contribution in [0.2, 0.25) is 0 Å². The van der Waals surface area contributed by atoms with Gasteiger partial charge in [-0.15, -0.1) is 11.8 Å². The summed E-state index contributed by atoms with van der Waals surface area (Å²) in [6.45, 7) is 20.3. The van der Waals surface area contributed by atoms with E-state index >= 15 is 0 Å². The van der Waals surface area contributed by atoms with E-state index in [1.165, 1.54) is 41.4 Å². The summed E-state index contributed by atoms with van der Waals surface area (Å²) in [4.78, 5) is 20.5. The SMILES string of the molecule is CCSC.CCSC.CCSCCC(C)=O.CCSCNC(C)=O.CCSSCC.CCSSCC.II.II. The molecular weight excluding hydrogens is 1110 g/mol. The maximum Gasteiger partial charge on any atom is 0.217 e. The van der Waals surface area contributed by atoms with Crippen LogP contribution >= 0.6 is 165 Å². The number of carbonyl (C=O) groups excluding carboxylic acids is 2. The lowest BCUT2D eigenvalue weighted by Gasteiger charge is -1.96. The van der Waals surface area contributed by atoms with Crippen LogP contribution in [0.15, 0.2) is 0 Å². The van der Waals surface area contributed by atoms with Crippen LogP contribution in [0.3, 0.4) is 0 Å². The molecule has 0 aromatic heterocycles. The van der Waals surface area contributed by atoms with E-state index < -0.39 is 0 Å². The quantitative estimate of drug-likeness (QED) is 0.0743. The fourth-order valence-corrected chi connectivity index (χ4v) is 4.84. The first-order chi connectivity index (χ1) is 19.2. The van der Waals surface area contributed by atoms with Gasteiger partial charge in [0, 0.05) is 117 Å². The van der Waals surface area contributed by atoms with Crippen LogP contribution < -0.4 is 5.32 Å². The van der Waals surface area contributed by atoms with E-state index in [0.717, 1.165) is 29.6 Å². The first-order valence-electron chi connectivity index (χ1n) is 12.8. The van der Waals surface area contributed by atoms with E-state index in [0.29, 0.717) is 5.78 Å². The molecule has 0 aliphatic carbocycles. The third-order valence-corrected chi connectivity index (χ3v) is 10.6. The Labute approximate surface area is 331 Å². The predicted molar refractivity (Wildman–Crippen MR) is 252 cm³/mol. The topological polar surface area (TPSA) is 46.2 Å². The maximum absolute atomic E-state index is 10.3. The summed E-state index contributed by atoms with van der Waals surface area (Å²) in [6.07, 6.45) is 4.93. The summed E-state index contributed by atoms with van der Waals surface area (Å²) >= 11 is 15.7. The maximum atomic E-state index is 10.3. The van der Waals surface area contributed by atoms with Gasteiger partial charge in [-0.25, -0.2) is 0 Å². The molecule has 1 N–H and O–H groups in total. The number of hydrogen-bond acceptors (Lipinski definition) is 10. The molecule has 0 saturated carbocycles. The molecule has 0 atom stereocenters. The Morgan fingerprint density at radius 2 is 0.850 bits per heavy atom. The minimum atomic E-state index is 0.0472. The largest absolute Gasteiger partial charge is 0.347 e. The lowest BCUT2D eigenvalue weighted by Crippen LogP contribution is -2.18. The van der Waals surface area contributed by atoms with Gasteiger partial charge in [0.25, 0.3) is 0 Å². The first kappa shape index (κ1) is 63.5. The van der Waals surface area contributed by atoms with Crippen molar-refractivity contribution >= 4 is 176 Å². The third kappa shape index (κ3) is 144. The molecule has 0 aliphatic rings. The van der Waals surface area contributed by atoms with Crippen molar-refractivity contribution in [1.29, 1.82) is 0 Å². The molecule has 0 aromatic rings. The van der Waals surface area contributed by atoms with Crippen molar-refractivity contribution in [2.24, 2.45) is 0 Å². The van der Waals surface area contributed by atoms with Gasteiger partial charge in [-0.1, -0.05) is 98.6 Å². The van der Waals surface area contributed by atoms with Crippen LogP contribution in [0.4, 0.5) is 0 Å². The number of ketones is 1. The first-order valence-corrected chi connectivity index (χ1v) is 35.5. The fourth-order valence-electron chi connectivity index (χ4n) is 0.948. The summed E-state index contributed by atoms with van der Waals surface area (Å²) in [5.74, 6) is 11.7. The van der Waals surface area contributed by atoms with Crippen LogP contribution in [0.25, 0.3) is 0 Å². The van der Waals surface area contributed by atoms with Gasteiger partial charge in [-0.05, 0) is 42.4 Å². The molecule has 0 bridgehead atoms. The zero-order chi connectivity index (χ0) is 33.3. The third-order valence-electron chi connectivity index (χ3n) is 2.65. The lowest BCUT2D eigenvalue weighted by atomic mass is 10.4. The average molecular weight is 1170 g/mol. The molecule has 0 unspecified atom stereocenters. The molecule has 0 aromatic carbocycles. The van der Waals surface area contributed by atoms with Crippen molar-refractivity contribution in [3.05, 3.63) is 0 Å². The zero-order valence-electron chi connectivity index (χ0n) is 26.9. The minimum Gasteiger partial charge on any atom is -0.347 e. The summed E-state index contributed by atoms with van der Waals surface area (Å²) in [7, 11) is 7.70. The van der Waals surface area contributed by atoms with Crippen LogP contribution in [0, 0.1) is 0 Å². The molecule has 0 heterocycles. The van der Waals surface area contributed by atoms with Gasteiger partial charge in [-0.3, -0.25) is 9.59 Å². The number of nitrogens with one attached hydrogen (secondary N) is 1. The van der Waals surface area contributed by atoms with Crippen molar-refractivity contribution in [3.63, 3.8) is 0 Å². The van der Waals surface area contributed by atoms with Crippen molar-refractivity contribution in [1.82, 2.24) is 5.32 Å². The molecule has 1 amide bonds. The molecule has 0 fully saturated rings. The van der Waals surface area contributed by atoms with Crippen LogP contribution in [-0.4, -0.2) is 81.9 Å². The Kier molecular flexibility index (Phi) is 134. The van der Waals surface area contributed by atoms with E-state index in [2.05, 4.69) is 148 Å². The van der Waals surface area contributed by atoms with Crippen LogP contribution in [0.1, 0.15) is 75.7 Å². The molecule has 0 spiro atoms. The number of Topliss-reactive ketones (excluding diaryl/α,β-unsaturated/α-hetero) is 1. The van der Waals surface area contributed by atoms with Crippen molar-refractivity contribution in [3.8, 4) is 0 Å². The van der Waals surface area contributed by atoms with Crippen molar-refractivity contribution in [2.75, 3.05) is 70.2 Å². The molecule has 15 heteroatoms. The van der Waals surface area contributed by atoms with Gasteiger partial charge < -0.3 is 5.32 Å². The second kappa shape index (κ2) is 84.6. The highest BCUT2D eigenvalue weighted by atomic mass is 128. The molecule has 0 rings (SSSR count). The molecule has 0 saturated heterocycles. The highest BCUT2D eigenvalue weighted by Gasteiger charge is 1.90. The van der Waals surface area contributed by atoms with Crippen LogP contribution in [0.5, 0.6) is 0 Å². The molecule has 0 aliphatic heterocycles. The van der Waals surface area contributed by atoms with Crippen molar-refractivity contribution < 1.29 is 9.59 Å². The minimum absolute atomic E-state index is 0.0472.